The van der Waals surface area contributed by atoms with Crippen LogP contribution in [0.4, 0.5) is 26.7 Å². The predicted molar refractivity (Wildman–Crippen MR) is 102 cm³/mol. The van der Waals surface area contributed by atoms with Crippen LogP contribution in [0.1, 0.15) is 32.8 Å². The van der Waals surface area contributed by atoms with Gasteiger partial charge in [0.15, 0.2) is 0 Å². The Hall–Kier alpha value is -2.64. The van der Waals surface area contributed by atoms with Gasteiger partial charge in [0.1, 0.15) is 23.1 Å². The number of carbonyl (C=O) groups is 1. The van der Waals surface area contributed by atoms with Gasteiger partial charge in [-0.3, -0.25) is 4.90 Å². The summed E-state index contributed by atoms with van der Waals surface area (Å²) in [5.74, 6) is -5.62. The molecule has 3 rings (SSSR count). The Labute approximate surface area is 171 Å². The van der Waals surface area contributed by atoms with E-state index in [0.29, 0.717) is 6.07 Å². The largest absolute Gasteiger partial charge is 0.444 e. The molecule has 1 heterocycles. The summed E-state index contributed by atoms with van der Waals surface area (Å²) in [6.45, 7) is 4.04. The molecule has 0 N–H and O–H groups in total. The first-order valence-corrected chi connectivity index (χ1v) is 9.46. The summed E-state index contributed by atoms with van der Waals surface area (Å²) in [7, 11) is 0. The van der Waals surface area contributed by atoms with E-state index in [1.54, 1.807) is 20.8 Å². The molecule has 0 aliphatic carbocycles. The molecule has 8 heteroatoms. The quantitative estimate of drug-likeness (QED) is 0.566. The third-order valence-corrected chi connectivity index (χ3v) is 4.71. The van der Waals surface area contributed by atoms with Crippen molar-refractivity contribution >= 4 is 6.09 Å². The van der Waals surface area contributed by atoms with Crippen LogP contribution in [0, 0.1) is 17.5 Å². The lowest BCUT2D eigenvalue weighted by Gasteiger charge is -2.28. The van der Waals surface area contributed by atoms with Gasteiger partial charge in [-0.05, 0) is 50.5 Å². The topological polar surface area (TPSA) is 29.5 Å². The van der Waals surface area contributed by atoms with Gasteiger partial charge in [-0.15, -0.1) is 0 Å². The van der Waals surface area contributed by atoms with Crippen molar-refractivity contribution < 1.29 is 31.5 Å². The first kappa shape index (κ1) is 22.1. The van der Waals surface area contributed by atoms with E-state index in [1.807, 2.05) is 0 Å². The SMILES string of the molecule is CC(C)(C)OC(=O)N1CC(F)(F)CC1Cc1cccc(-c2cc(F)cc(F)c2)c1F. The Kier molecular flexibility index (Phi) is 5.80. The van der Waals surface area contributed by atoms with Crippen LogP contribution >= 0.6 is 0 Å². The van der Waals surface area contributed by atoms with Crippen LogP contribution < -0.4 is 0 Å². The molecule has 1 aliphatic heterocycles. The third-order valence-electron chi connectivity index (χ3n) is 4.71. The number of hydrogen-bond donors (Lipinski definition) is 0. The zero-order valence-corrected chi connectivity index (χ0v) is 16.8. The van der Waals surface area contributed by atoms with E-state index in [9.17, 15) is 22.4 Å². The molecule has 162 valence electrons. The standard InChI is InChI=1S/C22H22F5NO2/c1-21(2,3)30-20(29)28-12-22(26,27)11-17(28)9-13-5-4-6-18(19(13)25)14-7-15(23)10-16(24)8-14/h4-8,10,17H,9,11-12H2,1-3H3. The smallest absolute Gasteiger partial charge is 0.410 e. The summed E-state index contributed by atoms with van der Waals surface area (Å²) >= 11 is 0. The van der Waals surface area contributed by atoms with Gasteiger partial charge in [-0.2, -0.15) is 0 Å². The van der Waals surface area contributed by atoms with Crippen molar-refractivity contribution in [3.8, 4) is 11.1 Å². The van der Waals surface area contributed by atoms with E-state index in [2.05, 4.69) is 0 Å². The number of alkyl halides is 2. The first-order valence-electron chi connectivity index (χ1n) is 9.46. The molecule has 30 heavy (non-hydrogen) atoms. The zero-order valence-electron chi connectivity index (χ0n) is 16.8. The van der Waals surface area contributed by atoms with Gasteiger partial charge in [-0.1, -0.05) is 18.2 Å². The normalized spacial score (nSPS) is 18.5. The van der Waals surface area contributed by atoms with Crippen LogP contribution in [-0.4, -0.2) is 35.1 Å². The number of benzene rings is 2. The fourth-order valence-electron chi connectivity index (χ4n) is 3.54. The van der Waals surface area contributed by atoms with Crippen LogP contribution in [0.5, 0.6) is 0 Å². The lowest BCUT2D eigenvalue weighted by Crippen LogP contribution is -2.41. The van der Waals surface area contributed by atoms with Gasteiger partial charge < -0.3 is 4.74 Å². The Morgan fingerprint density at radius 2 is 1.77 bits per heavy atom. The molecule has 0 saturated carbocycles. The monoisotopic (exact) mass is 427 g/mol. The molecule has 1 aliphatic rings. The Morgan fingerprint density at radius 3 is 2.37 bits per heavy atom. The number of ether oxygens (including phenoxy) is 1. The molecule has 0 spiro atoms. The van der Waals surface area contributed by atoms with Crippen molar-refractivity contribution in [2.75, 3.05) is 6.54 Å². The summed E-state index contributed by atoms with van der Waals surface area (Å²) in [5, 5.41) is 0. The van der Waals surface area contributed by atoms with Crippen LogP contribution in [0.15, 0.2) is 36.4 Å². The average molecular weight is 427 g/mol. The van der Waals surface area contributed by atoms with Crippen molar-refractivity contribution in [2.45, 2.75) is 51.2 Å². The molecule has 2 aromatic carbocycles. The zero-order chi connectivity index (χ0) is 22.3. The van der Waals surface area contributed by atoms with Crippen molar-refractivity contribution in [3.63, 3.8) is 0 Å². The van der Waals surface area contributed by atoms with E-state index in [0.717, 1.165) is 17.0 Å². The van der Waals surface area contributed by atoms with Gasteiger partial charge in [-0.25, -0.2) is 26.7 Å². The van der Waals surface area contributed by atoms with Crippen molar-refractivity contribution in [1.29, 1.82) is 0 Å². The van der Waals surface area contributed by atoms with Gasteiger partial charge >= 0.3 is 6.09 Å². The molecular weight excluding hydrogens is 405 g/mol. The maximum Gasteiger partial charge on any atom is 0.410 e. The minimum atomic E-state index is -3.12. The second-order valence-electron chi connectivity index (χ2n) is 8.46. The predicted octanol–water partition coefficient (Wildman–Crippen LogP) is 5.96. The van der Waals surface area contributed by atoms with E-state index in [4.69, 9.17) is 4.74 Å². The fourth-order valence-corrected chi connectivity index (χ4v) is 3.54. The second-order valence-corrected chi connectivity index (χ2v) is 8.46. The molecule has 1 fully saturated rings. The highest BCUT2D eigenvalue weighted by Crippen LogP contribution is 2.36. The molecule has 1 amide bonds. The minimum absolute atomic E-state index is 0.00685. The maximum absolute atomic E-state index is 15.1. The fraction of sp³-hybridized carbons (Fsp3) is 0.409. The number of rotatable bonds is 3. The number of nitrogens with zero attached hydrogens (tertiary/aromatic N) is 1. The Morgan fingerprint density at radius 1 is 1.13 bits per heavy atom. The number of halogens is 5. The highest BCUT2D eigenvalue weighted by molar-refractivity contribution is 5.69. The van der Waals surface area contributed by atoms with Gasteiger partial charge in [0, 0.05) is 24.1 Å². The summed E-state index contributed by atoms with van der Waals surface area (Å²) in [6, 6.07) is 5.89. The number of amides is 1. The number of carbonyl (C=O) groups excluding carboxylic acids is 1. The molecule has 2 aromatic rings. The third kappa shape index (κ3) is 5.09. The van der Waals surface area contributed by atoms with Gasteiger partial charge in [0.25, 0.3) is 5.92 Å². The van der Waals surface area contributed by atoms with E-state index < -0.39 is 54.1 Å². The number of hydrogen-bond acceptors (Lipinski definition) is 2. The summed E-state index contributed by atoms with van der Waals surface area (Å²) in [5.41, 5.74) is -0.868. The molecule has 0 bridgehead atoms. The maximum atomic E-state index is 15.1. The van der Waals surface area contributed by atoms with Gasteiger partial charge in [0.2, 0.25) is 0 Å². The second kappa shape index (κ2) is 7.89. The van der Waals surface area contributed by atoms with Crippen LogP contribution in [0.2, 0.25) is 0 Å². The van der Waals surface area contributed by atoms with E-state index in [-0.39, 0.29) is 23.1 Å². The Bertz CT molecular complexity index is 935. The van der Waals surface area contributed by atoms with Crippen molar-refractivity contribution in [1.82, 2.24) is 4.90 Å². The summed E-state index contributed by atoms with van der Waals surface area (Å²) in [6.07, 6.45) is -1.72. The summed E-state index contributed by atoms with van der Waals surface area (Å²) < 4.78 is 75.5. The Balaban J connectivity index is 1.90. The van der Waals surface area contributed by atoms with Crippen LogP contribution in [0.3, 0.4) is 0 Å². The van der Waals surface area contributed by atoms with Crippen LogP contribution in [0.25, 0.3) is 11.1 Å². The van der Waals surface area contributed by atoms with Gasteiger partial charge in [0.05, 0.1) is 6.54 Å². The van der Waals surface area contributed by atoms with E-state index >= 15 is 4.39 Å². The lowest BCUT2D eigenvalue weighted by atomic mass is 9.97. The lowest BCUT2D eigenvalue weighted by molar-refractivity contribution is -0.00241. The minimum Gasteiger partial charge on any atom is -0.444 e. The average Bonchev–Trinajstić information content (AvgIpc) is 2.89. The van der Waals surface area contributed by atoms with Crippen molar-refractivity contribution in [2.24, 2.45) is 0 Å². The molecule has 3 nitrogen and oxygen atoms in total. The molecule has 0 aromatic heterocycles. The van der Waals surface area contributed by atoms with Crippen molar-refractivity contribution in [3.05, 3.63) is 59.4 Å². The number of likely N-dealkylation sites (tertiary alicyclic amines) is 1. The highest BCUT2D eigenvalue weighted by Gasteiger charge is 2.48. The van der Waals surface area contributed by atoms with E-state index in [1.165, 1.54) is 18.2 Å². The first-order chi connectivity index (χ1) is 13.8. The summed E-state index contributed by atoms with van der Waals surface area (Å²) in [4.78, 5) is 13.3. The molecule has 1 unspecified atom stereocenters. The highest BCUT2D eigenvalue weighted by atomic mass is 19.3. The molecular formula is C22H22F5NO2. The molecule has 1 atom stereocenters. The molecule has 1 saturated heterocycles. The molecule has 0 radical (unpaired) electrons. The van der Waals surface area contributed by atoms with Crippen LogP contribution in [-0.2, 0) is 11.2 Å².